The van der Waals surface area contributed by atoms with Gasteiger partial charge in [0.25, 0.3) is 0 Å². The zero-order chi connectivity index (χ0) is 7.90. The molecule has 0 aromatic carbocycles. The van der Waals surface area contributed by atoms with Crippen LogP contribution in [0.5, 0.6) is 0 Å². The Morgan fingerprint density at radius 3 is 2.55 bits per heavy atom. The largest absolute Gasteiger partial charge is 0.0654 e. The SMILES string of the molecule is CCCCC(C)CC12CC1C2. The second kappa shape index (κ2) is 2.50. The van der Waals surface area contributed by atoms with E-state index in [0.29, 0.717) is 0 Å². The first-order valence-corrected chi connectivity index (χ1v) is 5.27. The minimum absolute atomic E-state index is 0.938. The van der Waals surface area contributed by atoms with Crippen LogP contribution < -0.4 is 0 Å². The van der Waals surface area contributed by atoms with Crippen LogP contribution in [0.3, 0.4) is 0 Å². The van der Waals surface area contributed by atoms with Crippen molar-refractivity contribution in [3.63, 3.8) is 0 Å². The van der Waals surface area contributed by atoms with E-state index in [4.69, 9.17) is 0 Å². The Labute approximate surface area is 70.4 Å². The fraction of sp³-hybridized carbons (Fsp3) is 1.00. The van der Waals surface area contributed by atoms with Crippen LogP contribution in [0.15, 0.2) is 0 Å². The van der Waals surface area contributed by atoms with Crippen LogP contribution in [0.2, 0.25) is 0 Å². The summed E-state index contributed by atoms with van der Waals surface area (Å²) in [5.41, 5.74) is 0.938. The average molecular weight is 152 g/mol. The lowest BCUT2D eigenvalue weighted by atomic mass is 9.94. The molecule has 0 nitrogen and oxygen atoms in total. The van der Waals surface area contributed by atoms with Gasteiger partial charge < -0.3 is 0 Å². The summed E-state index contributed by atoms with van der Waals surface area (Å²) in [5.74, 6) is 2.22. The van der Waals surface area contributed by atoms with Crippen LogP contribution in [-0.2, 0) is 0 Å². The molecule has 2 saturated carbocycles. The standard InChI is InChI=1S/C11H20/c1-3-4-5-9(2)6-11-7-10(11)8-11/h9-10H,3-8H2,1-2H3. The van der Waals surface area contributed by atoms with Gasteiger partial charge in [0, 0.05) is 0 Å². The molecular weight excluding hydrogens is 132 g/mol. The Morgan fingerprint density at radius 1 is 1.45 bits per heavy atom. The van der Waals surface area contributed by atoms with E-state index in [9.17, 15) is 0 Å². The number of fused-ring (bicyclic) bond motifs is 1. The molecule has 1 unspecified atom stereocenters. The first-order valence-electron chi connectivity index (χ1n) is 5.27. The van der Waals surface area contributed by atoms with E-state index >= 15 is 0 Å². The molecule has 0 saturated heterocycles. The van der Waals surface area contributed by atoms with Gasteiger partial charge in [0.15, 0.2) is 0 Å². The molecule has 1 atom stereocenters. The van der Waals surface area contributed by atoms with E-state index in [0.717, 1.165) is 11.3 Å². The lowest BCUT2D eigenvalue weighted by Crippen LogP contribution is -1.99. The Morgan fingerprint density at radius 2 is 2.09 bits per heavy atom. The van der Waals surface area contributed by atoms with E-state index in [1.165, 1.54) is 25.2 Å². The van der Waals surface area contributed by atoms with Crippen LogP contribution in [0, 0.1) is 17.3 Å². The lowest BCUT2D eigenvalue weighted by Gasteiger charge is -2.11. The average Bonchev–Trinajstić information content (AvgIpc) is 2.72. The molecule has 0 heterocycles. The molecule has 0 bridgehead atoms. The van der Waals surface area contributed by atoms with Gasteiger partial charge in [0.05, 0.1) is 0 Å². The van der Waals surface area contributed by atoms with E-state index in [1.54, 1.807) is 19.3 Å². The topological polar surface area (TPSA) is 0 Å². The van der Waals surface area contributed by atoms with Crippen molar-refractivity contribution in [2.75, 3.05) is 0 Å². The van der Waals surface area contributed by atoms with Crippen molar-refractivity contribution < 1.29 is 0 Å². The van der Waals surface area contributed by atoms with Crippen LogP contribution in [0.1, 0.15) is 52.4 Å². The molecule has 0 heteroatoms. The third kappa shape index (κ3) is 1.45. The van der Waals surface area contributed by atoms with Gasteiger partial charge in [-0.2, -0.15) is 0 Å². The highest BCUT2D eigenvalue weighted by atomic mass is 14.7. The Kier molecular flexibility index (Phi) is 1.74. The highest BCUT2D eigenvalue weighted by Gasteiger charge is 2.68. The highest BCUT2D eigenvalue weighted by Crippen LogP contribution is 2.78. The van der Waals surface area contributed by atoms with Crippen LogP contribution in [-0.4, -0.2) is 0 Å². The molecular formula is C11H20. The monoisotopic (exact) mass is 152 g/mol. The van der Waals surface area contributed by atoms with Crippen molar-refractivity contribution in [2.45, 2.75) is 52.4 Å². The summed E-state index contributed by atoms with van der Waals surface area (Å²) in [4.78, 5) is 0. The number of rotatable bonds is 5. The second-order valence-corrected chi connectivity index (χ2v) is 4.92. The van der Waals surface area contributed by atoms with Gasteiger partial charge in [-0.1, -0.05) is 33.1 Å². The van der Waals surface area contributed by atoms with Gasteiger partial charge in [-0.25, -0.2) is 0 Å². The van der Waals surface area contributed by atoms with Gasteiger partial charge in [-0.05, 0) is 36.5 Å². The van der Waals surface area contributed by atoms with E-state index < -0.39 is 0 Å². The molecule has 2 fully saturated rings. The van der Waals surface area contributed by atoms with Crippen molar-refractivity contribution in [2.24, 2.45) is 17.3 Å². The van der Waals surface area contributed by atoms with Crippen molar-refractivity contribution in [1.82, 2.24) is 0 Å². The Balaban J connectivity index is 1.61. The third-order valence-corrected chi connectivity index (χ3v) is 3.66. The molecule has 64 valence electrons. The zero-order valence-electron chi connectivity index (χ0n) is 7.90. The maximum Gasteiger partial charge on any atom is -0.0261 e. The predicted octanol–water partition coefficient (Wildman–Crippen LogP) is 3.61. The summed E-state index contributed by atoms with van der Waals surface area (Å²) in [6, 6.07) is 0. The number of hydrogen-bond donors (Lipinski definition) is 0. The number of hydrogen-bond acceptors (Lipinski definition) is 0. The zero-order valence-corrected chi connectivity index (χ0v) is 7.90. The van der Waals surface area contributed by atoms with Crippen molar-refractivity contribution in [3.8, 4) is 0 Å². The van der Waals surface area contributed by atoms with Crippen LogP contribution >= 0.6 is 0 Å². The predicted molar refractivity (Wildman–Crippen MR) is 48.5 cm³/mol. The summed E-state index contributed by atoms with van der Waals surface area (Å²) < 4.78 is 0. The first kappa shape index (κ1) is 7.64. The molecule has 11 heavy (non-hydrogen) atoms. The highest BCUT2D eigenvalue weighted by molar-refractivity contribution is 5.18. The molecule has 2 aliphatic carbocycles. The summed E-state index contributed by atoms with van der Waals surface area (Å²) in [6.45, 7) is 4.74. The van der Waals surface area contributed by atoms with E-state index in [-0.39, 0.29) is 0 Å². The molecule has 0 aliphatic heterocycles. The van der Waals surface area contributed by atoms with Gasteiger partial charge in [0.1, 0.15) is 0 Å². The molecule has 2 rings (SSSR count). The summed E-state index contributed by atoms with van der Waals surface area (Å²) in [6.07, 6.45) is 9.03. The van der Waals surface area contributed by atoms with Crippen LogP contribution in [0.25, 0.3) is 0 Å². The minimum atomic E-state index is 0.938. The quantitative estimate of drug-likeness (QED) is 0.564. The maximum absolute atomic E-state index is 2.44. The molecule has 2 aliphatic rings. The molecule has 0 radical (unpaired) electrons. The fourth-order valence-electron chi connectivity index (χ4n) is 2.49. The van der Waals surface area contributed by atoms with Gasteiger partial charge >= 0.3 is 0 Å². The number of unbranched alkanes of at least 4 members (excludes halogenated alkanes) is 1. The summed E-state index contributed by atoms with van der Waals surface area (Å²) in [7, 11) is 0. The van der Waals surface area contributed by atoms with Crippen molar-refractivity contribution in [1.29, 1.82) is 0 Å². The van der Waals surface area contributed by atoms with Crippen molar-refractivity contribution >= 4 is 0 Å². The lowest BCUT2D eigenvalue weighted by molar-refractivity contribution is 0.404. The van der Waals surface area contributed by atoms with E-state index in [1.807, 2.05) is 0 Å². The molecule has 0 amide bonds. The summed E-state index contributed by atoms with van der Waals surface area (Å²) in [5, 5.41) is 0. The van der Waals surface area contributed by atoms with Gasteiger partial charge in [0.2, 0.25) is 0 Å². The first-order chi connectivity index (χ1) is 5.27. The fourth-order valence-corrected chi connectivity index (χ4v) is 2.49. The third-order valence-electron chi connectivity index (χ3n) is 3.66. The molecule has 0 aromatic heterocycles. The van der Waals surface area contributed by atoms with Crippen molar-refractivity contribution in [3.05, 3.63) is 0 Å². The Bertz CT molecular complexity index is 142. The summed E-state index contributed by atoms with van der Waals surface area (Å²) >= 11 is 0. The molecule has 0 N–H and O–H groups in total. The normalized spacial score (nSPS) is 41.5. The minimum Gasteiger partial charge on any atom is -0.0654 e. The molecule has 0 spiro atoms. The Hall–Kier alpha value is 0. The molecule has 0 aromatic rings. The maximum atomic E-state index is 2.44. The van der Waals surface area contributed by atoms with Crippen LogP contribution in [0.4, 0.5) is 0 Å². The van der Waals surface area contributed by atoms with E-state index in [2.05, 4.69) is 13.8 Å². The van der Waals surface area contributed by atoms with Gasteiger partial charge in [-0.3, -0.25) is 0 Å². The smallest absolute Gasteiger partial charge is 0.0261 e. The second-order valence-electron chi connectivity index (χ2n) is 4.92. The van der Waals surface area contributed by atoms with Gasteiger partial charge in [-0.15, -0.1) is 0 Å².